The van der Waals surface area contributed by atoms with Crippen molar-refractivity contribution in [3.05, 3.63) is 60.2 Å². The molecule has 0 saturated heterocycles. The summed E-state index contributed by atoms with van der Waals surface area (Å²) in [5.41, 5.74) is 1.15. The van der Waals surface area contributed by atoms with E-state index in [9.17, 15) is 17.4 Å². The number of sulfonamides is 1. The SMILES string of the molecule is CCN(CC)CCCS(=O)(=NC(=O)OCc1ccccc1)c1ccc(NS(C)(=O)=O)cc1. The van der Waals surface area contributed by atoms with Gasteiger partial charge in [0.2, 0.25) is 10.0 Å². The summed E-state index contributed by atoms with van der Waals surface area (Å²) in [6, 6.07) is 15.2. The van der Waals surface area contributed by atoms with Gasteiger partial charge in [0.15, 0.2) is 0 Å². The zero-order valence-corrected chi connectivity index (χ0v) is 20.3. The number of nitrogens with one attached hydrogen (secondary N) is 1. The van der Waals surface area contributed by atoms with Crippen LogP contribution < -0.4 is 4.72 Å². The molecule has 2 rings (SSSR count). The van der Waals surface area contributed by atoms with Gasteiger partial charge < -0.3 is 9.64 Å². The van der Waals surface area contributed by atoms with Crippen LogP contribution in [0.4, 0.5) is 10.5 Å². The van der Waals surface area contributed by atoms with Gasteiger partial charge in [0.1, 0.15) is 6.61 Å². The first-order chi connectivity index (χ1) is 15.1. The minimum absolute atomic E-state index is 0.0371. The second kappa shape index (κ2) is 12.0. The van der Waals surface area contributed by atoms with Crippen LogP contribution in [0.15, 0.2) is 63.9 Å². The average molecular weight is 482 g/mol. The monoisotopic (exact) mass is 481 g/mol. The minimum Gasteiger partial charge on any atom is -0.443 e. The number of hydrogen-bond acceptors (Lipinski definition) is 6. The number of benzene rings is 2. The smallest absolute Gasteiger partial charge is 0.442 e. The molecule has 0 heterocycles. The molecule has 0 aromatic heterocycles. The average Bonchev–Trinajstić information content (AvgIpc) is 2.75. The Labute approximate surface area is 191 Å². The molecule has 2 aromatic carbocycles. The lowest BCUT2D eigenvalue weighted by Gasteiger charge is -2.18. The summed E-state index contributed by atoms with van der Waals surface area (Å²) >= 11 is 0. The molecule has 0 bridgehead atoms. The van der Waals surface area contributed by atoms with Gasteiger partial charge in [-0.05, 0) is 55.9 Å². The first kappa shape index (κ1) is 25.8. The maximum Gasteiger partial charge on any atom is 0.442 e. The number of carbonyl (C=O) groups is 1. The number of amides is 1. The molecule has 176 valence electrons. The number of rotatable bonds is 11. The van der Waals surface area contributed by atoms with Gasteiger partial charge in [0, 0.05) is 16.3 Å². The molecule has 0 spiro atoms. The Morgan fingerprint density at radius 2 is 1.62 bits per heavy atom. The predicted octanol–water partition coefficient (Wildman–Crippen LogP) is 3.95. The Kier molecular flexibility index (Phi) is 9.67. The number of hydrogen-bond donors (Lipinski definition) is 1. The molecule has 1 unspecified atom stereocenters. The molecule has 1 N–H and O–H groups in total. The van der Waals surface area contributed by atoms with E-state index in [0.29, 0.717) is 17.0 Å². The third-order valence-corrected chi connectivity index (χ3v) is 7.64. The highest BCUT2D eigenvalue weighted by molar-refractivity contribution is 7.94. The van der Waals surface area contributed by atoms with Crippen molar-refractivity contribution >= 4 is 31.5 Å². The minimum atomic E-state index is -3.43. The van der Waals surface area contributed by atoms with Crippen molar-refractivity contribution in [2.24, 2.45) is 4.36 Å². The summed E-state index contributed by atoms with van der Waals surface area (Å²) in [6.45, 7) is 6.63. The van der Waals surface area contributed by atoms with Gasteiger partial charge in [-0.15, -0.1) is 4.36 Å². The molecule has 0 fully saturated rings. The van der Waals surface area contributed by atoms with E-state index in [1.807, 2.05) is 30.3 Å². The van der Waals surface area contributed by atoms with Gasteiger partial charge in [-0.2, -0.15) is 0 Å². The van der Waals surface area contributed by atoms with E-state index in [4.69, 9.17) is 4.74 Å². The van der Waals surface area contributed by atoms with Crippen molar-refractivity contribution in [1.82, 2.24) is 4.90 Å². The molecule has 0 aliphatic rings. The zero-order valence-electron chi connectivity index (χ0n) is 18.7. The summed E-state index contributed by atoms with van der Waals surface area (Å²) < 4.78 is 48.1. The van der Waals surface area contributed by atoms with Gasteiger partial charge in [-0.1, -0.05) is 44.2 Å². The molecule has 32 heavy (non-hydrogen) atoms. The van der Waals surface area contributed by atoms with Crippen LogP contribution >= 0.6 is 0 Å². The van der Waals surface area contributed by atoms with Crippen LogP contribution in [0, 0.1) is 0 Å². The largest absolute Gasteiger partial charge is 0.443 e. The van der Waals surface area contributed by atoms with Crippen LogP contribution in [0.1, 0.15) is 25.8 Å². The van der Waals surface area contributed by atoms with Gasteiger partial charge in [0.25, 0.3) is 0 Å². The van der Waals surface area contributed by atoms with Crippen LogP contribution in [0.25, 0.3) is 0 Å². The number of nitrogens with zero attached hydrogens (tertiary/aromatic N) is 2. The van der Waals surface area contributed by atoms with Gasteiger partial charge in [0.05, 0.1) is 16.0 Å². The molecule has 0 aliphatic carbocycles. The predicted molar refractivity (Wildman–Crippen MR) is 128 cm³/mol. The first-order valence-corrected chi connectivity index (χ1v) is 14.0. The Morgan fingerprint density at radius 1 is 1.00 bits per heavy atom. The van der Waals surface area contributed by atoms with E-state index in [2.05, 4.69) is 27.8 Å². The number of carbonyl (C=O) groups excluding carboxylic acids is 1. The van der Waals surface area contributed by atoms with Crippen molar-refractivity contribution in [2.75, 3.05) is 36.4 Å². The highest BCUT2D eigenvalue weighted by atomic mass is 32.2. The Hall–Kier alpha value is -2.43. The number of anilines is 1. The normalized spacial score (nSPS) is 13.4. The summed E-state index contributed by atoms with van der Waals surface area (Å²) in [5.74, 6) is 0.183. The lowest BCUT2D eigenvalue weighted by molar-refractivity contribution is 0.151. The van der Waals surface area contributed by atoms with Crippen LogP contribution in [-0.2, 0) is 31.1 Å². The molecular formula is C22H31N3O5S2. The lowest BCUT2D eigenvalue weighted by Crippen LogP contribution is -2.25. The molecule has 0 saturated carbocycles. The van der Waals surface area contributed by atoms with E-state index in [1.54, 1.807) is 0 Å². The molecule has 1 amide bonds. The summed E-state index contributed by atoms with van der Waals surface area (Å²) in [4.78, 5) is 15.0. The molecular weight excluding hydrogens is 450 g/mol. The quantitative estimate of drug-likeness (QED) is 0.521. The molecule has 10 heteroatoms. The maximum absolute atomic E-state index is 13.7. The van der Waals surface area contributed by atoms with Gasteiger partial charge >= 0.3 is 6.09 Å². The van der Waals surface area contributed by atoms with Gasteiger partial charge in [-0.25, -0.2) is 17.4 Å². The van der Waals surface area contributed by atoms with E-state index >= 15 is 0 Å². The second-order valence-corrected chi connectivity index (χ2v) is 11.3. The summed E-state index contributed by atoms with van der Waals surface area (Å²) in [7, 11) is -6.53. The topological polar surface area (TPSA) is 105 Å². The zero-order chi connectivity index (χ0) is 23.6. The molecule has 2 aromatic rings. The fourth-order valence-corrected chi connectivity index (χ4v) is 5.43. The summed E-state index contributed by atoms with van der Waals surface area (Å²) in [6.07, 6.45) is 0.745. The van der Waals surface area contributed by atoms with Crippen LogP contribution in [0.3, 0.4) is 0 Å². The lowest BCUT2D eigenvalue weighted by atomic mass is 10.2. The highest BCUT2D eigenvalue weighted by Crippen LogP contribution is 2.20. The van der Waals surface area contributed by atoms with Crippen molar-refractivity contribution in [1.29, 1.82) is 0 Å². The van der Waals surface area contributed by atoms with E-state index in [0.717, 1.165) is 31.5 Å². The molecule has 1 atom stereocenters. The van der Waals surface area contributed by atoms with E-state index in [1.165, 1.54) is 24.3 Å². The summed E-state index contributed by atoms with van der Waals surface area (Å²) in [5, 5.41) is 0. The molecule has 0 aliphatic heterocycles. The van der Waals surface area contributed by atoms with Crippen LogP contribution in [-0.4, -0.2) is 55.3 Å². The Bertz CT molecular complexity index is 1090. The third kappa shape index (κ3) is 8.60. The second-order valence-electron chi connectivity index (χ2n) is 7.26. The fourth-order valence-electron chi connectivity index (χ4n) is 3.06. The van der Waals surface area contributed by atoms with Crippen molar-refractivity contribution in [2.45, 2.75) is 31.8 Å². The standard InChI is InChI=1S/C22H31N3O5S2/c1-4-25(5-2)16-9-17-32(29,21-14-12-20(13-15-21)23-31(3,27)28)24-22(26)30-18-19-10-7-6-8-11-19/h6-8,10-15,23H,4-5,9,16-18H2,1-3H3. The van der Waals surface area contributed by atoms with E-state index < -0.39 is 25.8 Å². The maximum atomic E-state index is 13.7. The Morgan fingerprint density at radius 3 is 2.19 bits per heavy atom. The van der Waals surface area contributed by atoms with Crippen molar-refractivity contribution in [3.8, 4) is 0 Å². The van der Waals surface area contributed by atoms with Crippen LogP contribution in [0.5, 0.6) is 0 Å². The van der Waals surface area contributed by atoms with Gasteiger partial charge in [-0.3, -0.25) is 4.72 Å². The van der Waals surface area contributed by atoms with Crippen LogP contribution in [0.2, 0.25) is 0 Å². The van der Waals surface area contributed by atoms with Crippen molar-refractivity contribution in [3.63, 3.8) is 0 Å². The van der Waals surface area contributed by atoms with E-state index in [-0.39, 0.29) is 12.4 Å². The molecule has 0 radical (unpaired) electrons. The van der Waals surface area contributed by atoms with Crippen molar-refractivity contribution < 1.29 is 22.2 Å². The Balaban J connectivity index is 2.24. The molecule has 8 nitrogen and oxygen atoms in total. The highest BCUT2D eigenvalue weighted by Gasteiger charge is 2.17. The fraction of sp³-hybridized carbons (Fsp3) is 0.409. The third-order valence-electron chi connectivity index (χ3n) is 4.74. The first-order valence-electron chi connectivity index (χ1n) is 10.4. The number of ether oxygens (including phenoxy) is 1.